The number of amides is 2. The lowest BCUT2D eigenvalue weighted by atomic mass is 10.2. The molecule has 2 heterocycles. The second-order valence-corrected chi connectivity index (χ2v) is 5.21. The van der Waals surface area contributed by atoms with Gasteiger partial charge in [0, 0.05) is 12.5 Å². The molecule has 0 spiro atoms. The van der Waals surface area contributed by atoms with Crippen molar-refractivity contribution in [2.45, 2.75) is 43.7 Å². The van der Waals surface area contributed by atoms with Crippen LogP contribution in [0.2, 0.25) is 0 Å². The number of aliphatic hydroxyl groups excluding tert-OH is 2. The van der Waals surface area contributed by atoms with Crippen molar-refractivity contribution in [1.82, 2.24) is 15.1 Å². The molecule has 0 aromatic rings. The monoisotopic (exact) mass is 270 g/mol. The number of guanidine groups is 1. The summed E-state index contributed by atoms with van der Waals surface area (Å²) in [5.74, 6) is 0.126. The summed E-state index contributed by atoms with van der Waals surface area (Å²) in [5.41, 5.74) is 0. The number of ether oxygens (including phenoxy) is 1. The summed E-state index contributed by atoms with van der Waals surface area (Å²) in [6, 6.07) is -0.0757. The molecule has 2 aliphatic heterocycles. The molecule has 0 bridgehead atoms. The van der Waals surface area contributed by atoms with Crippen LogP contribution < -0.4 is 5.32 Å². The van der Waals surface area contributed by atoms with E-state index in [9.17, 15) is 9.90 Å². The van der Waals surface area contributed by atoms with Gasteiger partial charge in [0.25, 0.3) is 0 Å². The van der Waals surface area contributed by atoms with Crippen molar-refractivity contribution in [2.75, 3.05) is 13.3 Å². The van der Waals surface area contributed by atoms with Crippen LogP contribution in [0.3, 0.4) is 0 Å². The molecule has 4 N–H and O–H groups in total. The number of nitrogens with zero attached hydrogens (tertiary/aromatic N) is 2. The number of carbonyl (C=O) groups excluding carboxylic acids is 1. The average Bonchev–Trinajstić information content (AvgIpc) is 3.13. The molecule has 3 aliphatic rings. The second kappa shape index (κ2) is 4.62. The Morgan fingerprint density at radius 3 is 2.74 bits per heavy atom. The normalized spacial score (nSPS) is 35.8. The minimum Gasteiger partial charge on any atom is -0.394 e. The molecule has 1 saturated carbocycles. The van der Waals surface area contributed by atoms with Gasteiger partial charge in [-0.3, -0.25) is 15.6 Å². The van der Waals surface area contributed by atoms with E-state index in [0.717, 1.165) is 12.8 Å². The molecule has 3 atom stereocenters. The number of hydrogen-bond acceptors (Lipinski definition) is 5. The fourth-order valence-corrected chi connectivity index (χ4v) is 2.52. The third kappa shape index (κ3) is 2.26. The van der Waals surface area contributed by atoms with E-state index < -0.39 is 24.5 Å². The first-order chi connectivity index (χ1) is 9.10. The predicted octanol–water partition coefficient (Wildman–Crippen LogP) is -1.16. The average molecular weight is 270 g/mol. The molecule has 3 rings (SSSR count). The Bertz CT molecular complexity index is 400. The molecule has 0 aromatic carbocycles. The van der Waals surface area contributed by atoms with Crippen LogP contribution in [0, 0.1) is 5.41 Å². The van der Waals surface area contributed by atoms with Crippen molar-refractivity contribution in [3.63, 3.8) is 0 Å². The Hall–Kier alpha value is -1.38. The summed E-state index contributed by atoms with van der Waals surface area (Å²) in [7, 11) is 0. The van der Waals surface area contributed by atoms with E-state index in [0.29, 0.717) is 12.7 Å². The van der Waals surface area contributed by atoms with Crippen LogP contribution in [-0.2, 0) is 4.74 Å². The quantitative estimate of drug-likeness (QED) is 0.517. The molecule has 19 heavy (non-hydrogen) atoms. The Morgan fingerprint density at radius 1 is 1.42 bits per heavy atom. The van der Waals surface area contributed by atoms with E-state index in [2.05, 4.69) is 5.32 Å². The fraction of sp³-hybridized carbons (Fsp3) is 0.818. The Morgan fingerprint density at radius 2 is 2.16 bits per heavy atom. The SMILES string of the molecule is N=C1NC(=O)N([C@H]2C[C@H](O)[C@@H](CO)O2)CN1C1CC1. The molecule has 2 saturated heterocycles. The summed E-state index contributed by atoms with van der Waals surface area (Å²) in [4.78, 5) is 15.2. The standard InChI is InChI=1S/C11H18N4O4/c12-10-13-11(18)15(5-14(10)6-1-2-6)9-3-7(17)8(4-16)19-9/h6-9,16-17H,1-5H2,(H2,12,13,18)/t7-,8+,9+/m0/s1. The van der Waals surface area contributed by atoms with Gasteiger partial charge in [-0.15, -0.1) is 0 Å². The van der Waals surface area contributed by atoms with E-state index in [4.69, 9.17) is 15.3 Å². The zero-order valence-corrected chi connectivity index (χ0v) is 10.5. The third-order valence-corrected chi connectivity index (χ3v) is 3.80. The van der Waals surface area contributed by atoms with Gasteiger partial charge in [0.1, 0.15) is 19.0 Å². The van der Waals surface area contributed by atoms with Gasteiger partial charge in [0.15, 0.2) is 0 Å². The number of aliphatic hydroxyl groups is 2. The van der Waals surface area contributed by atoms with Crippen LogP contribution in [0.1, 0.15) is 19.3 Å². The molecular weight excluding hydrogens is 252 g/mol. The summed E-state index contributed by atoms with van der Waals surface area (Å²) < 4.78 is 5.48. The number of nitrogens with one attached hydrogen (secondary N) is 2. The number of carbonyl (C=O) groups is 1. The summed E-state index contributed by atoms with van der Waals surface area (Å²) in [5, 5.41) is 29.0. The largest absolute Gasteiger partial charge is 0.394 e. The first-order valence-electron chi connectivity index (χ1n) is 6.47. The van der Waals surface area contributed by atoms with Crippen LogP contribution in [0.25, 0.3) is 0 Å². The second-order valence-electron chi connectivity index (χ2n) is 5.21. The smallest absolute Gasteiger partial charge is 0.327 e. The number of rotatable bonds is 3. The van der Waals surface area contributed by atoms with Gasteiger partial charge in [-0.25, -0.2) is 4.79 Å². The molecule has 0 radical (unpaired) electrons. The first-order valence-corrected chi connectivity index (χ1v) is 6.47. The van der Waals surface area contributed by atoms with E-state index in [1.54, 1.807) is 0 Å². The van der Waals surface area contributed by atoms with Gasteiger partial charge >= 0.3 is 6.03 Å². The van der Waals surface area contributed by atoms with Crippen LogP contribution in [0.4, 0.5) is 4.79 Å². The van der Waals surface area contributed by atoms with E-state index >= 15 is 0 Å². The van der Waals surface area contributed by atoms with Crippen LogP contribution in [0.5, 0.6) is 0 Å². The van der Waals surface area contributed by atoms with Crippen molar-refractivity contribution in [1.29, 1.82) is 5.41 Å². The Kier molecular flexibility index (Phi) is 3.08. The molecule has 1 aliphatic carbocycles. The fourth-order valence-electron chi connectivity index (χ4n) is 2.52. The molecule has 0 aromatic heterocycles. The third-order valence-electron chi connectivity index (χ3n) is 3.80. The molecule has 3 fully saturated rings. The van der Waals surface area contributed by atoms with Gasteiger partial charge < -0.3 is 19.8 Å². The minimum atomic E-state index is -0.765. The predicted molar refractivity (Wildman–Crippen MR) is 64.2 cm³/mol. The highest BCUT2D eigenvalue weighted by molar-refractivity contribution is 5.97. The maximum Gasteiger partial charge on any atom is 0.327 e. The lowest BCUT2D eigenvalue weighted by Gasteiger charge is -2.39. The van der Waals surface area contributed by atoms with E-state index in [1.165, 1.54) is 4.90 Å². The van der Waals surface area contributed by atoms with Crippen LogP contribution in [-0.4, -0.2) is 69.8 Å². The van der Waals surface area contributed by atoms with Crippen molar-refractivity contribution in [3.05, 3.63) is 0 Å². The van der Waals surface area contributed by atoms with Gasteiger partial charge in [-0.2, -0.15) is 0 Å². The van der Waals surface area contributed by atoms with Gasteiger partial charge in [-0.05, 0) is 12.8 Å². The Labute approximate surface area is 110 Å². The van der Waals surface area contributed by atoms with Crippen LogP contribution in [0.15, 0.2) is 0 Å². The van der Waals surface area contributed by atoms with E-state index in [1.807, 2.05) is 4.90 Å². The van der Waals surface area contributed by atoms with Gasteiger partial charge in [-0.1, -0.05) is 0 Å². The maximum absolute atomic E-state index is 11.9. The van der Waals surface area contributed by atoms with E-state index in [-0.39, 0.29) is 19.0 Å². The van der Waals surface area contributed by atoms with Gasteiger partial charge in [0.2, 0.25) is 5.96 Å². The highest BCUT2D eigenvalue weighted by Crippen LogP contribution is 2.30. The van der Waals surface area contributed by atoms with Crippen molar-refractivity contribution >= 4 is 12.0 Å². The number of urea groups is 1. The highest BCUT2D eigenvalue weighted by Gasteiger charge is 2.44. The lowest BCUT2D eigenvalue weighted by molar-refractivity contribution is -0.0735. The first kappa shape index (κ1) is 12.6. The van der Waals surface area contributed by atoms with Crippen molar-refractivity contribution < 1.29 is 19.7 Å². The molecule has 0 unspecified atom stereocenters. The topological polar surface area (TPSA) is 109 Å². The summed E-state index contributed by atoms with van der Waals surface area (Å²) in [6.45, 7) is 0.0279. The highest BCUT2D eigenvalue weighted by atomic mass is 16.5. The molecule has 8 nitrogen and oxygen atoms in total. The Balaban J connectivity index is 1.69. The zero-order chi connectivity index (χ0) is 13.6. The van der Waals surface area contributed by atoms with Gasteiger partial charge in [0.05, 0.1) is 12.7 Å². The number of hydrogen-bond donors (Lipinski definition) is 4. The molecular formula is C11H18N4O4. The van der Waals surface area contributed by atoms with Crippen LogP contribution >= 0.6 is 0 Å². The zero-order valence-electron chi connectivity index (χ0n) is 10.5. The molecule has 106 valence electrons. The molecule has 8 heteroatoms. The maximum atomic E-state index is 11.9. The summed E-state index contributed by atoms with van der Waals surface area (Å²) >= 11 is 0. The molecule has 2 amide bonds. The van der Waals surface area contributed by atoms with Crippen molar-refractivity contribution in [3.8, 4) is 0 Å². The lowest BCUT2D eigenvalue weighted by Crippen LogP contribution is -2.62. The summed E-state index contributed by atoms with van der Waals surface area (Å²) in [6.07, 6.45) is 0.373. The van der Waals surface area contributed by atoms with Crippen molar-refractivity contribution in [2.24, 2.45) is 0 Å². The minimum absolute atomic E-state index is 0.126.